The van der Waals surface area contributed by atoms with Crippen LogP contribution in [0.5, 0.6) is 5.75 Å². The Morgan fingerprint density at radius 2 is 1.70 bits per heavy atom. The van der Waals surface area contributed by atoms with E-state index in [1.807, 2.05) is 32.0 Å². The Kier molecular flexibility index (Phi) is 5.36. The molecule has 2 saturated heterocycles. The number of aromatic hydroxyl groups is 1. The quantitative estimate of drug-likeness (QED) is 0.618. The third kappa shape index (κ3) is 3.60. The van der Waals surface area contributed by atoms with Gasteiger partial charge in [0.2, 0.25) is 11.8 Å². The minimum atomic E-state index is -1.67. The number of aryl methyl sites for hydroxylation is 2. The van der Waals surface area contributed by atoms with Crippen LogP contribution in [0, 0.1) is 25.7 Å². The predicted octanol–water partition coefficient (Wildman–Crippen LogP) is 3.12. The maximum atomic E-state index is 13.7. The summed E-state index contributed by atoms with van der Waals surface area (Å²) in [6.07, 6.45) is 0.00213. The summed E-state index contributed by atoms with van der Waals surface area (Å²) in [5, 5.41) is 23.4. The van der Waals surface area contributed by atoms with E-state index in [0.29, 0.717) is 5.56 Å². The fourth-order valence-corrected chi connectivity index (χ4v) is 5.40. The molecule has 0 aromatic heterocycles. The zero-order chi connectivity index (χ0) is 24.3. The second-order valence-electron chi connectivity index (χ2n) is 10.3. The molecule has 2 aromatic rings. The van der Waals surface area contributed by atoms with E-state index in [2.05, 4.69) is 5.32 Å². The van der Waals surface area contributed by atoms with Crippen molar-refractivity contribution in [2.24, 2.45) is 11.8 Å². The molecule has 7 heteroatoms. The predicted molar refractivity (Wildman–Crippen MR) is 123 cm³/mol. The van der Waals surface area contributed by atoms with Crippen molar-refractivity contribution in [3.63, 3.8) is 0 Å². The number of amides is 2. The number of benzene rings is 2. The number of carbonyl (C=O) groups is 3. The summed E-state index contributed by atoms with van der Waals surface area (Å²) in [5.41, 5.74) is 0.957. The molecule has 0 aliphatic carbocycles. The van der Waals surface area contributed by atoms with Gasteiger partial charge in [-0.2, -0.15) is 0 Å². The van der Waals surface area contributed by atoms with Crippen molar-refractivity contribution in [3.05, 3.63) is 64.7 Å². The van der Waals surface area contributed by atoms with E-state index in [1.165, 1.54) is 17.0 Å². The standard InChI is InChI=1S/C26H30N2O5/c1-14-6-7-15(2)18(12-14)21-19-20(23(31)28(22(19)30)25(3,4)5)26(27-21,24(32)33)13-16-8-10-17(29)11-9-16/h6-12,19-21,27,29H,13H2,1-5H3,(H,32,33). The normalized spacial score (nSPS) is 27.2. The lowest BCUT2D eigenvalue weighted by molar-refractivity contribution is -0.153. The minimum absolute atomic E-state index is 0.00213. The molecule has 0 spiro atoms. The number of nitrogens with one attached hydrogen (secondary N) is 1. The first kappa shape index (κ1) is 23.0. The van der Waals surface area contributed by atoms with Crippen LogP contribution in [0.4, 0.5) is 0 Å². The molecule has 0 bridgehead atoms. The first-order valence-corrected chi connectivity index (χ1v) is 11.1. The van der Waals surface area contributed by atoms with Gasteiger partial charge in [-0.25, -0.2) is 0 Å². The summed E-state index contributed by atoms with van der Waals surface area (Å²) in [5.74, 6) is -3.79. The Balaban J connectivity index is 1.91. The highest BCUT2D eigenvalue weighted by Crippen LogP contribution is 2.51. The van der Waals surface area contributed by atoms with E-state index in [-0.39, 0.29) is 18.1 Å². The molecule has 2 fully saturated rings. The van der Waals surface area contributed by atoms with Crippen molar-refractivity contribution < 1.29 is 24.6 Å². The average molecular weight is 451 g/mol. The summed E-state index contributed by atoms with van der Waals surface area (Å²) in [4.78, 5) is 41.5. The highest BCUT2D eigenvalue weighted by Gasteiger charge is 2.69. The number of nitrogens with zero attached hydrogens (tertiary/aromatic N) is 1. The molecule has 4 rings (SSSR count). The van der Waals surface area contributed by atoms with Crippen LogP contribution in [0.1, 0.15) is 49.1 Å². The number of aliphatic carboxylic acids is 1. The molecule has 4 unspecified atom stereocenters. The number of fused-ring (bicyclic) bond motifs is 1. The Bertz CT molecular complexity index is 1130. The van der Waals surface area contributed by atoms with Crippen LogP contribution in [0.2, 0.25) is 0 Å². The first-order chi connectivity index (χ1) is 15.4. The molecule has 33 heavy (non-hydrogen) atoms. The average Bonchev–Trinajstić information content (AvgIpc) is 3.20. The van der Waals surface area contributed by atoms with E-state index >= 15 is 0 Å². The molecule has 3 N–H and O–H groups in total. The lowest BCUT2D eigenvalue weighted by Crippen LogP contribution is -2.58. The summed E-state index contributed by atoms with van der Waals surface area (Å²) >= 11 is 0. The number of carboxylic acids is 1. The number of phenolic OH excluding ortho intramolecular Hbond substituents is 1. The van der Waals surface area contributed by atoms with E-state index in [4.69, 9.17) is 0 Å². The van der Waals surface area contributed by atoms with Crippen LogP contribution in [0.15, 0.2) is 42.5 Å². The molecule has 2 aromatic carbocycles. The Hall–Kier alpha value is -3.19. The van der Waals surface area contributed by atoms with Gasteiger partial charge >= 0.3 is 5.97 Å². The van der Waals surface area contributed by atoms with Crippen LogP contribution >= 0.6 is 0 Å². The van der Waals surface area contributed by atoms with E-state index in [9.17, 15) is 24.6 Å². The number of hydrogen-bond acceptors (Lipinski definition) is 5. The molecule has 0 saturated carbocycles. The second kappa shape index (κ2) is 7.70. The van der Waals surface area contributed by atoms with Crippen LogP contribution in [0.25, 0.3) is 0 Å². The highest BCUT2D eigenvalue weighted by molar-refractivity contribution is 6.10. The van der Waals surface area contributed by atoms with Gasteiger partial charge in [-0.3, -0.25) is 24.6 Å². The maximum absolute atomic E-state index is 13.7. The number of likely N-dealkylation sites (tertiary alicyclic amines) is 1. The van der Waals surface area contributed by atoms with Crippen molar-refractivity contribution >= 4 is 17.8 Å². The fourth-order valence-electron chi connectivity index (χ4n) is 5.40. The van der Waals surface area contributed by atoms with E-state index in [1.54, 1.807) is 32.9 Å². The summed E-state index contributed by atoms with van der Waals surface area (Å²) in [7, 11) is 0. The Labute approximate surface area is 193 Å². The summed E-state index contributed by atoms with van der Waals surface area (Å²) in [6, 6.07) is 11.5. The molecular formula is C26H30N2O5. The zero-order valence-electron chi connectivity index (χ0n) is 19.5. The van der Waals surface area contributed by atoms with E-state index in [0.717, 1.165) is 16.7 Å². The van der Waals surface area contributed by atoms with Crippen molar-refractivity contribution in [3.8, 4) is 5.75 Å². The van der Waals surface area contributed by atoms with Crippen LogP contribution in [-0.2, 0) is 20.8 Å². The zero-order valence-corrected chi connectivity index (χ0v) is 19.5. The van der Waals surface area contributed by atoms with Gasteiger partial charge in [0.1, 0.15) is 11.3 Å². The van der Waals surface area contributed by atoms with Crippen molar-refractivity contribution in [2.45, 2.75) is 58.2 Å². The first-order valence-electron chi connectivity index (χ1n) is 11.1. The number of carboxylic acid groups (broad SMARTS) is 1. The largest absolute Gasteiger partial charge is 0.508 e. The smallest absolute Gasteiger partial charge is 0.325 e. The minimum Gasteiger partial charge on any atom is -0.508 e. The van der Waals surface area contributed by atoms with Crippen LogP contribution < -0.4 is 5.32 Å². The molecule has 2 aliphatic heterocycles. The van der Waals surface area contributed by atoms with Gasteiger partial charge in [0.05, 0.1) is 11.8 Å². The number of hydrogen-bond donors (Lipinski definition) is 3. The van der Waals surface area contributed by atoms with Crippen LogP contribution in [-0.4, -0.2) is 44.0 Å². The molecule has 2 amide bonds. The molecule has 2 heterocycles. The molecule has 174 valence electrons. The molecule has 4 atom stereocenters. The summed E-state index contributed by atoms with van der Waals surface area (Å²) < 4.78 is 0. The van der Waals surface area contributed by atoms with Crippen LogP contribution in [0.3, 0.4) is 0 Å². The molecule has 0 radical (unpaired) electrons. The van der Waals surface area contributed by atoms with Gasteiger partial charge in [0.15, 0.2) is 0 Å². The number of carbonyl (C=O) groups excluding carboxylic acids is 2. The second-order valence-corrected chi connectivity index (χ2v) is 10.3. The SMILES string of the molecule is Cc1ccc(C)c(C2NC(Cc3ccc(O)cc3)(C(=O)O)C3C(=O)N(C(C)(C)C)C(=O)C23)c1. The van der Waals surface area contributed by atoms with Gasteiger partial charge in [-0.05, 0) is 63.4 Å². The topological polar surface area (TPSA) is 107 Å². The third-order valence-electron chi connectivity index (χ3n) is 6.90. The van der Waals surface area contributed by atoms with Gasteiger partial charge in [0.25, 0.3) is 0 Å². The lowest BCUT2D eigenvalue weighted by Gasteiger charge is -2.35. The Morgan fingerprint density at radius 1 is 1.06 bits per heavy atom. The van der Waals surface area contributed by atoms with E-state index < -0.39 is 40.8 Å². The van der Waals surface area contributed by atoms with Crippen molar-refractivity contribution in [1.29, 1.82) is 0 Å². The molecular weight excluding hydrogens is 420 g/mol. The maximum Gasteiger partial charge on any atom is 0.325 e. The van der Waals surface area contributed by atoms with Gasteiger partial charge < -0.3 is 10.2 Å². The van der Waals surface area contributed by atoms with Crippen molar-refractivity contribution in [1.82, 2.24) is 10.2 Å². The van der Waals surface area contributed by atoms with Gasteiger partial charge in [-0.15, -0.1) is 0 Å². The number of imide groups is 1. The fraction of sp³-hybridized carbons (Fsp3) is 0.423. The van der Waals surface area contributed by atoms with Gasteiger partial charge in [0, 0.05) is 18.0 Å². The van der Waals surface area contributed by atoms with Gasteiger partial charge in [-0.1, -0.05) is 35.9 Å². The number of rotatable bonds is 4. The highest BCUT2D eigenvalue weighted by atomic mass is 16.4. The lowest BCUT2D eigenvalue weighted by atomic mass is 9.76. The molecule has 7 nitrogen and oxygen atoms in total. The van der Waals surface area contributed by atoms with Crippen molar-refractivity contribution in [2.75, 3.05) is 0 Å². The Morgan fingerprint density at radius 3 is 2.27 bits per heavy atom. The number of phenols is 1. The third-order valence-corrected chi connectivity index (χ3v) is 6.90. The summed E-state index contributed by atoms with van der Waals surface area (Å²) in [6.45, 7) is 9.22. The monoisotopic (exact) mass is 450 g/mol. The molecule has 2 aliphatic rings.